The van der Waals surface area contributed by atoms with Gasteiger partial charge in [-0.1, -0.05) is 35.3 Å². The second-order valence-corrected chi connectivity index (χ2v) is 8.00. The highest BCUT2D eigenvalue weighted by molar-refractivity contribution is 6.36. The van der Waals surface area contributed by atoms with Crippen LogP contribution in [0, 0.1) is 12.7 Å². The standard InChI is InChI=1S/C24H22Cl2FN3O2/c1-16-4-2-5-19(14-16)29-24(32)30(20-9-7-18(27)8-10-20)13-3-12-28-23(31)21-11-6-17(25)15-22(21)26/h2,4-11,14-15H,3,12-13H2,1H3,(H,28,31)(H,29,32). The molecule has 0 radical (unpaired) electrons. The summed E-state index contributed by atoms with van der Waals surface area (Å²) in [5.74, 6) is -0.718. The molecule has 5 nitrogen and oxygen atoms in total. The smallest absolute Gasteiger partial charge is 0.326 e. The van der Waals surface area contributed by atoms with Crippen LogP contribution in [-0.2, 0) is 0 Å². The van der Waals surface area contributed by atoms with Gasteiger partial charge in [0.2, 0.25) is 0 Å². The van der Waals surface area contributed by atoms with Crippen molar-refractivity contribution >= 4 is 46.5 Å². The maximum atomic E-state index is 13.4. The molecule has 0 atom stereocenters. The molecule has 0 aliphatic heterocycles. The van der Waals surface area contributed by atoms with Gasteiger partial charge in [-0.15, -0.1) is 0 Å². The molecule has 0 saturated heterocycles. The number of anilines is 2. The van der Waals surface area contributed by atoms with E-state index < -0.39 is 0 Å². The van der Waals surface area contributed by atoms with Crippen LogP contribution in [-0.4, -0.2) is 25.0 Å². The van der Waals surface area contributed by atoms with Crippen LogP contribution in [0.15, 0.2) is 66.7 Å². The second-order valence-electron chi connectivity index (χ2n) is 7.16. The molecule has 2 N–H and O–H groups in total. The molecule has 0 aromatic heterocycles. The zero-order valence-electron chi connectivity index (χ0n) is 17.4. The van der Waals surface area contributed by atoms with E-state index in [4.69, 9.17) is 23.2 Å². The fourth-order valence-electron chi connectivity index (χ4n) is 3.09. The van der Waals surface area contributed by atoms with Gasteiger partial charge in [-0.05, 0) is 73.5 Å². The van der Waals surface area contributed by atoms with E-state index in [-0.39, 0.29) is 22.8 Å². The molecule has 0 spiro atoms. The van der Waals surface area contributed by atoms with Crippen molar-refractivity contribution in [3.63, 3.8) is 0 Å². The van der Waals surface area contributed by atoms with Gasteiger partial charge >= 0.3 is 6.03 Å². The van der Waals surface area contributed by atoms with Gasteiger partial charge in [-0.2, -0.15) is 0 Å². The lowest BCUT2D eigenvalue weighted by molar-refractivity contribution is 0.0953. The van der Waals surface area contributed by atoms with Gasteiger partial charge in [0.1, 0.15) is 5.82 Å². The van der Waals surface area contributed by atoms with Crippen LogP contribution < -0.4 is 15.5 Å². The summed E-state index contributed by atoms with van der Waals surface area (Å²) in [6.07, 6.45) is 0.468. The van der Waals surface area contributed by atoms with E-state index in [1.165, 1.54) is 35.2 Å². The average molecular weight is 474 g/mol. The lowest BCUT2D eigenvalue weighted by atomic mass is 10.2. The number of benzene rings is 3. The number of carbonyl (C=O) groups is 2. The Kier molecular flexibility index (Phi) is 8.09. The molecule has 0 aliphatic rings. The molecule has 8 heteroatoms. The second kappa shape index (κ2) is 11.0. The highest BCUT2D eigenvalue weighted by Crippen LogP contribution is 2.21. The van der Waals surface area contributed by atoms with Crippen molar-refractivity contribution in [1.82, 2.24) is 5.32 Å². The number of nitrogens with one attached hydrogen (secondary N) is 2. The van der Waals surface area contributed by atoms with Crippen molar-refractivity contribution in [3.05, 3.63) is 93.7 Å². The molecule has 0 heterocycles. The number of hydrogen-bond donors (Lipinski definition) is 2. The van der Waals surface area contributed by atoms with Gasteiger partial charge in [0.25, 0.3) is 5.91 Å². The van der Waals surface area contributed by atoms with Crippen molar-refractivity contribution in [3.8, 4) is 0 Å². The molecular formula is C24H22Cl2FN3O2. The van der Waals surface area contributed by atoms with E-state index in [1.807, 2.05) is 25.1 Å². The third-order valence-electron chi connectivity index (χ3n) is 4.67. The third-order valence-corrected chi connectivity index (χ3v) is 5.22. The van der Waals surface area contributed by atoms with Crippen molar-refractivity contribution < 1.29 is 14.0 Å². The number of nitrogens with zero attached hydrogens (tertiary/aromatic N) is 1. The van der Waals surface area contributed by atoms with Crippen molar-refractivity contribution in [2.75, 3.05) is 23.3 Å². The van der Waals surface area contributed by atoms with Crippen molar-refractivity contribution in [2.45, 2.75) is 13.3 Å². The molecule has 3 rings (SSSR count). The van der Waals surface area contributed by atoms with Crippen LogP contribution in [0.5, 0.6) is 0 Å². The SMILES string of the molecule is Cc1cccc(NC(=O)N(CCCNC(=O)c2ccc(Cl)cc2Cl)c2ccc(F)cc2)c1. The van der Waals surface area contributed by atoms with Gasteiger partial charge in [-0.25, -0.2) is 9.18 Å². The highest BCUT2D eigenvalue weighted by Gasteiger charge is 2.17. The lowest BCUT2D eigenvalue weighted by Crippen LogP contribution is -2.37. The fourth-order valence-corrected chi connectivity index (χ4v) is 3.58. The Morgan fingerprint density at radius 1 is 1.00 bits per heavy atom. The number of hydrogen-bond acceptors (Lipinski definition) is 2. The third kappa shape index (κ3) is 6.45. The van der Waals surface area contributed by atoms with E-state index in [0.717, 1.165) is 5.56 Å². The minimum Gasteiger partial charge on any atom is -0.352 e. The normalized spacial score (nSPS) is 10.5. The van der Waals surface area contributed by atoms with Crippen LogP contribution in [0.3, 0.4) is 0 Å². The first-order valence-corrected chi connectivity index (χ1v) is 10.7. The van der Waals surface area contributed by atoms with E-state index in [2.05, 4.69) is 10.6 Å². The lowest BCUT2D eigenvalue weighted by Gasteiger charge is -2.23. The van der Waals surface area contributed by atoms with E-state index in [0.29, 0.717) is 41.5 Å². The Bertz CT molecular complexity index is 1110. The van der Waals surface area contributed by atoms with E-state index in [1.54, 1.807) is 18.2 Å². The van der Waals surface area contributed by atoms with Crippen LogP contribution in [0.25, 0.3) is 0 Å². The molecule has 32 heavy (non-hydrogen) atoms. The number of amides is 3. The first-order valence-electron chi connectivity index (χ1n) is 9.97. The van der Waals surface area contributed by atoms with Crippen LogP contribution in [0.1, 0.15) is 22.3 Å². The first-order chi connectivity index (χ1) is 15.3. The number of urea groups is 1. The van der Waals surface area contributed by atoms with Gasteiger partial charge < -0.3 is 10.6 Å². The summed E-state index contributed by atoms with van der Waals surface area (Å²) in [5.41, 5.74) is 2.54. The minimum absolute atomic E-state index is 0.264. The Labute approximate surface area is 196 Å². The van der Waals surface area contributed by atoms with Crippen molar-refractivity contribution in [1.29, 1.82) is 0 Å². The summed E-state index contributed by atoms with van der Waals surface area (Å²) < 4.78 is 13.4. The zero-order valence-corrected chi connectivity index (χ0v) is 18.9. The molecule has 166 valence electrons. The summed E-state index contributed by atoms with van der Waals surface area (Å²) in [6, 6.07) is 17.4. The highest BCUT2D eigenvalue weighted by atomic mass is 35.5. The summed E-state index contributed by atoms with van der Waals surface area (Å²) in [7, 11) is 0. The van der Waals surface area contributed by atoms with Gasteiger partial charge in [0.15, 0.2) is 0 Å². The monoisotopic (exact) mass is 473 g/mol. The Morgan fingerprint density at radius 3 is 2.44 bits per heavy atom. The first kappa shape index (κ1) is 23.6. The molecule has 3 amide bonds. The zero-order chi connectivity index (χ0) is 23.1. The fraction of sp³-hybridized carbons (Fsp3) is 0.167. The van der Waals surface area contributed by atoms with E-state index >= 15 is 0 Å². The molecule has 0 fully saturated rings. The maximum Gasteiger partial charge on any atom is 0.326 e. The van der Waals surface area contributed by atoms with E-state index in [9.17, 15) is 14.0 Å². The van der Waals surface area contributed by atoms with Gasteiger partial charge in [0, 0.05) is 29.5 Å². The predicted octanol–water partition coefficient (Wildman–Crippen LogP) is 6.30. The number of rotatable bonds is 7. The maximum absolute atomic E-state index is 13.4. The van der Waals surface area contributed by atoms with Crippen molar-refractivity contribution in [2.24, 2.45) is 0 Å². The Hall–Kier alpha value is -3.09. The van der Waals surface area contributed by atoms with Crippen LogP contribution >= 0.6 is 23.2 Å². The average Bonchev–Trinajstić information content (AvgIpc) is 2.74. The molecule has 0 bridgehead atoms. The molecule has 0 aliphatic carbocycles. The van der Waals surface area contributed by atoms with Gasteiger partial charge in [0.05, 0.1) is 10.6 Å². The summed E-state index contributed by atoms with van der Waals surface area (Å²) in [5, 5.41) is 6.36. The molecular weight excluding hydrogens is 452 g/mol. The van der Waals surface area contributed by atoms with Crippen LogP contribution in [0.2, 0.25) is 10.0 Å². The van der Waals surface area contributed by atoms with Gasteiger partial charge in [-0.3, -0.25) is 9.69 Å². The number of carbonyl (C=O) groups excluding carboxylic acids is 2. The molecule has 0 saturated carbocycles. The molecule has 0 unspecified atom stereocenters. The minimum atomic E-state index is -0.389. The quantitative estimate of drug-likeness (QED) is 0.395. The summed E-state index contributed by atoms with van der Waals surface area (Å²) in [6.45, 7) is 2.55. The summed E-state index contributed by atoms with van der Waals surface area (Å²) in [4.78, 5) is 26.8. The Morgan fingerprint density at radius 2 is 1.75 bits per heavy atom. The predicted molar refractivity (Wildman–Crippen MR) is 127 cm³/mol. The topological polar surface area (TPSA) is 61.4 Å². The summed E-state index contributed by atoms with van der Waals surface area (Å²) >= 11 is 11.9. The van der Waals surface area contributed by atoms with Crippen LogP contribution in [0.4, 0.5) is 20.6 Å². The number of halogens is 3. The Balaban J connectivity index is 1.64. The number of aryl methyl sites for hydroxylation is 1. The molecule has 3 aromatic carbocycles. The largest absolute Gasteiger partial charge is 0.352 e. The molecule has 3 aromatic rings.